The molecule has 2 aromatic heterocycles. The highest BCUT2D eigenvalue weighted by Crippen LogP contribution is 2.26. The van der Waals surface area contributed by atoms with Crippen LogP contribution in [0.3, 0.4) is 0 Å². The van der Waals surface area contributed by atoms with Gasteiger partial charge in [0.15, 0.2) is 0 Å². The number of nitrogens with zero attached hydrogens (tertiary/aromatic N) is 4. The van der Waals surface area contributed by atoms with Gasteiger partial charge in [-0.05, 0) is 57.2 Å². The molecular weight excluding hydrogens is 333 g/mol. The highest BCUT2D eigenvalue weighted by atomic mass is 19.1. The Balaban J connectivity index is 1.58. The highest BCUT2D eigenvalue weighted by molar-refractivity contribution is 6.06. The Morgan fingerprint density at radius 1 is 1.19 bits per heavy atom. The number of piperidine rings is 1. The van der Waals surface area contributed by atoms with E-state index in [1.165, 1.54) is 12.1 Å². The molecule has 0 saturated carbocycles. The van der Waals surface area contributed by atoms with Gasteiger partial charge < -0.3 is 14.8 Å². The zero-order valence-electron chi connectivity index (χ0n) is 14.9. The zero-order chi connectivity index (χ0) is 18.3. The van der Waals surface area contributed by atoms with Gasteiger partial charge in [-0.1, -0.05) is 0 Å². The van der Waals surface area contributed by atoms with E-state index in [1.54, 1.807) is 22.9 Å². The molecule has 1 fully saturated rings. The van der Waals surface area contributed by atoms with Gasteiger partial charge in [0, 0.05) is 24.0 Å². The number of carbonyl (C=O) groups is 1. The van der Waals surface area contributed by atoms with Crippen molar-refractivity contribution in [2.75, 3.05) is 25.5 Å². The first-order chi connectivity index (χ1) is 12.5. The van der Waals surface area contributed by atoms with Crippen LogP contribution in [0.5, 0.6) is 0 Å². The van der Waals surface area contributed by atoms with E-state index in [1.807, 2.05) is 17.8 Å². The lowest BCUT2D eigenvalue weighted by Crippen LogP contribution is -2.32. The molecule has 3 aromatic rings. The molecule has 136 valence electrons. The Kier molecular flexibility index (Phi) is 4.24. The van der Waals surface area contributed by atoms with Crippen molar-refractivity contribution in [1.29, 1.82) is 0 Å². The van der Waals surface area contributed by atoms with Crippen molar-refractivity contribution in [3.63, 3.8) is 0 Å². The maximum Gasteiger partial charge on any atom is 0.273 e. The molecule has 7 heteroatoms. The molecule has 1 aliphatic rings. The first-order valence-corrected chi connectivity index (χ1v) is 8.81. The Morgan fingerprint density at radius 2 is 1.96 bits per heavy atom. The predicted octanol–water partition coefficient (Wildman–Crippen LogP) is 3.03. The fraction of sp³-hybridized carbons (Fsp3) is 0.368. The monoisotopic (exact) mass is 355 g/mol. The molecule has 0 radical (unpaired) electrons. The molecule has 1 aliphatic heterocycles. The first-order valence-electron chi connectivity index (χ1n) is 8.81. The third kappa shape index (κ3) is 2.99. The number of halogens is 1. The van der Waals surface area contributed by atoms with Gasteiger partial charge in [-0.3, -0.25) is 4.79 Å². The molecule has 0 spiro atoms. The van der Waals surface area contributed by atoms with Crippen LogP contribution in [0, 0.1) is 5.82 Å². The summed E-state index contributed by atoms with van der Waals surface area (Å²) in [6, 6.07) is 8.35. The van der Waals surface area contributed by atoms with Crippen LogP contribution >= 0.6 is 0 Å². The average Bonchev–Trinajstić information content (AvgIpc) is 3.20. The van der Waals surface area contributed by atoms with Gasteiger partial charge in [0.05, 0.1) is 12.2 Å². The van der Waals surface area contributed by atoms with Crippen LogP contribution in [-0.4, -0.2) is 45.3 Å². The number of benzene rings is 1. The standard InChI is InChI=1S/C19H22FN5O/c1-23-9-6-15(7-10-23)25-18(5-8-21-25)22-19(26)17-12-13-11-14(20)3-4-16(13)24(17)2/h3-5,8,11-12,15H,6-7,9-10H2,1-2H3,(H,22,26). The molecule has 1 aromatic carbocycles. The van der Waals surface area contributed by atoms with E-state index >= 15 is 0 Å². The van der Waals surface area contributed by atoms with Crippen molar-refractivity contribution in [2.24, 2.45) is 7.05 Å². The van der Waals surface area contributed by atoms with Gasteiger partial charge in [0.1, 0.15) is 17.3 Å². The van der Waals surface area contributed by atoms with Crippen molar-refractivity contribution in [3.05, 3.63) is 48.0 Å². The van der Waals surface area contributed by atoms with Gasteiger partial charge in [-0.25, -0.2) is 9.07 Å². The third-order valence-electron chi connectivity index (χ3n) is 5.18. The lowest BCUT2D eigenvalue weighted by Gasteiger charge is -2.30. The Labute approximate surface area is 151 Å². The number of hydrogen-bond donors (Lipinski definition) is 1. The second kappa shape index (κ2) is 6.57. The second-order valence-electron chi connectivity index (χ2n) is 6.94. The van der Waals surface area contributed by atoms with Crippen LogP contribution in [0.15, 0.2) is 36.5 Å². The van der Waals surface area contributed by atoms with E-state index in [2.05, 4.69) is 22.4 Å². The Bertz CT molecular complexity index is 952. The molecule has 0 unspecified atom stereocenters. The van der Waals surface area contributed by atoms with Crippen LogP contribution in [0.4, 0.5) is 10.2 Å². The summed E-state index contributed by atoms with van der Waals surface area (Å²) in [6.07, 6.45) is 3.73. The van der Waals surface area contributed by atoms with Gasteiger partial charge in [-0.2, -0.15) is 5.10 Å². The van der Waals surface area contributed by atoms with Crippen LogP contribution < -0.4 is 5.32 Å². The summed E-state index contributed by atoms with van der Waals surface area (Å²) in [5.41, 5.74) is 1.31. The minimum atomic E-state index is -0.310. The fourth-order valence-corrected chi connectivity index (χ4v) is 3.66. The van der Waals surface area contributed by atoms with E-state index in [0.29, 0.717) is 16.9 Å². The normalized spacial score (nSPS) is 16.3. The largest absolute Gasteiger partial charge is 0.340 e. The maximum absolute atomic E-state index is 13.4. The number of likely N-dealkylation sites (tertiary alicyclic amines) is 1. The summed E-state index contributed by atoms with van der Waals surface area (Å²) in [7, 11) is 3.92. The smallest absolute Gasteiger partial charge is 0.273 e. The molecule has 0 bridgehead atoms. The number of fused-ring (bicyclic) bond motifs is 1. The number of anilines is 1. The van der Waals surface area contributed by atoms with Crippen molar-refractivity contribution in [2.45, 2.75) is 18.9 Å². The maximum atomic E-state index is 13.4. The van der Waals surface area contributed by atoms with Crippen LogP contribution in [-0.2, 0) is 7.05 Å². The van der Waals surface area contributed by atoms with Gasteiger partial charge >= 0.3 is 0 Å². The third-order valence-corrected chi connectivity index (χ3v) is 5.18. The van der Waals surface area contributed by atoms with Crippen LogP contribution in [0.25, 0.3) is 10.9 Å². The van der Waals surface area contributed by atoms with Gasteiger partial charge in [0.25, 0.3) is 5.91 Å². The number of hydrogen-bond acceptors (Lipinski definition) is 3. The lowest BCUT2D eigenvalue weighted by atomic mass is 10.1. The second-order valence-corrected chi connectivity index (χ2v) is 6.94. The number of aromatic nitrogens is 3. The first kappa shape index (κ1) is 16.8. The van der Waals surface area contributed by atoms with E-state index < -0.39 is 0 Å². The van der Waals surface area contributed by atoms with Gasteiger partial charge in [-0.15, -0.1) is 0 Å². The molecule has 1 saturated heterocycles. The average molecular weight is 355 g/mol. The van der Waals surface area contributed by atoms with Crippen molar-refractivity contribution >= 4 is 22.6 Å². The number of aryl methyl sites for hydroxylation is 1. The minimum Gasteiger partial charge on any atom is -0.340 e. The number of carbonyl (C=O) groups excluding carboxylic acids is 1. The number of rotatable bonds is 3. The summed E-state index contributed by atoms with van der Waals surface area (Å²) in [5, 5.41) is 8.09. The highest BCUT2D eigenvalue weighted by Gasteiger charge is 2.22. The topological polar surface area (TPSA) is 55.1 Å². The molecule has 1 N–H and O–H groups in total. The summed E-state index contributed by atoms with van der Waals surface area (Å²) in [5.74, 6) is 0.162. The minimum absolute atomic E-state index is 0.223. The molecule has 26 heavy (non-hydrogen) atoms. The van der Waals surface area contributed by atoms with Crippen molar-refractivity contribution < 1.29 is 9.18 Å². The van der Waals surface area contributed by atoms with Gasteiger partial charge in [0.2, 0.25) is 0 Å². The van der Waals surface area contributed by atoms with Crippen molar-refractivity contribution in [3.8, 4) is 0 Å². The van der Waals surface area contributed by atoms with E-state index in [4.69, 9.17) is 0 Å². The number of nitrogens with one attached hydrogen (secondary N) is 1. The number of amides is 1. The van der Waals surface area contributed by atoms with E-state index in [9.17, 15) is 9.18 Å². The lowest BCUT2D eigenvalue weighted by molar-refractivity contribution is 0.101. The molecule has 1 amide bonds. The molecule has 0 aliphatic carbocycles. The molecule has 6 nitrogen and oxygen atoms in total. The van der Waals surface area contributed by atoms with E-state index in [0.717, 1.165) is 31.4 Å². The summed E-state index contributed by atoms with van der Waals surface area (Å²) < 4.78 is 17.1. The fourth-order valence-electron chi connectivity index (χ4n) is 3.66. The predicted molar refractivity (Wildman–Crippen MR) is 98.8 cm³/mol. The Morgan fingerprint density at radius 3 is 2.73 bits per heavy atom. The van der Waals surface area contributed by atoms with Crippen LogP contribution in [0.2, 0.25) is 0 Å². The Hall–Kier alpha value is -2.67. The van der Waals surface area contributed by atoms with E-state index in [-0.39, 0.29) is 17.8 Å². The molecule has 4 rings (SSSR count). The zero-order valence-corrected chi connectivity index (χ0v) is 14.9. The summed E-state index contributed by atoms with van der Waals surface area (Å²) >= 11 is 0. The van der Waals surface area contributed by atoms with Crippen molar-refractivity contribution in [1.82, 2.24) is 19.2 Å². The molecule has 3 heterocycles. The summed E-state index contributed by atoms with van der Waals surface area (Å²) in [4.78, 5) is 15.1. The molecular formula is C19H22FN5O. The summed E-state index contributed by atoms with van der Waals surface area (Å²) in [6.45, 7) is 2.04. The quantitative estimate of drug-likeness (QED) is 0.786. The van der Waals surface area contributed by atoms with Crippen LogP contribution in [0.1, 0.15) is 29.4 Å². The SMILES string of the molecule is CN1CCC(n2nccc2NC(=O)c2cc3cc(F)ccc3n2C)CC1. The molecule has 0 atom stereocenters.